The first-order valence-electron chi connectivity index (χ1n) is 6.98. The lowest BCUT2D eigenvalue weighted by Crippen LogP contribution is -2.14. The quantitative estimate of drug-likeness (QED) is 0.772. The van der Waals surface area contributed by atoms with Gasteiger partial charge in [-0.2, -0.15) is 0 Å². The molecule has 2 heteroatoms. The van der Waals surface area contributed by atoms with Crippen LogP contribution in [0.25, 0.3) is 10.8 Å². The van der Waals surface area contributed by atoms with Gasteiger partial charge in [0.15, 0.2) is 0 Å². The van der Waals surface area contributed by atoms with Crippen LogP contribution in [0, 0.1) is 5.92 Å². The van der Waals surface area contributed by atoms with Gasteiger partial charge in [0.2, 0.25) is 0 Å². The maximum Gasteiger partial charge on any atom is 0.309 e. The van der Waals surface area contributed by atoms with Crippen molar-refractivity contribution in [2.75, 3.05) is 0 Å². The highest BCUT2D eigenvalue weighted by atomic mass is 16.5. The second kappa shape index (κ2) is 5.43. The summed E-state index contributed by atoms with van der Waals surface area (Å²) in [6.07, 6.45) is 4.31. The molecule has 0 aliphatic heterocycles. The molecule has 0 atom stereocenters. The number of hydrogen-bond donors (Lipinski definition) is 0. The molecule has 0 saturated heterocycles. The highest BCUT2D eigenvalue weighted by Gasteiger charge is 2.23. The Hall–Kier alpha value is -1.83. The second-order valence-corrected chi connectivity index (χ2v) is 5.23. The molecule has 2 aromatic rings. The number of esters is 1. The Morgan fingerprint density at radius 2 is 1.79 bits per heavy atom. The third-order valence-corrected chi connectivity index (χ3v) is 3.94. The van der Waals surface area contributed by atoms with Crippen molar-refractivity contribution in [2.24, 2.45) is 5.92 Å². The average molecular weight is 254 g/mol. The summed E-state index contributed by atoms with van der Waals surface area (Å²) in [5.41, 5.74) is 1.09. The Kier molecular flexibility index (Phi) is 3.49. The molecule has 0 bridgehead atoms. The van der Waals surface area contributed by atoms with E-state index in [4.69, 9.17) is 4.74 Å². The summed E-state index contributed by atoms with van der Waals surface area (Å²) < 4.78 is 5.48. The van der Waals surface area contributed by atoms with Gasteiger partial charge in [0, 0.05) is 0 Å². The molecule has 98 valence electrons. The first kappa shape index (κ1) is 12.2. The van der Waals surface area contributed by atoms with Crippen molar-refractivity contribution in [3.8, 4) is 0 Å². The van der Waals surface area contributed by atoms with Crippen molar-refractivity contribution in [1.82, 2.24) is 0 Å². The van der Waals surface area contributed by atoms with Crippen LogP contribution >= 0.6 is 0 Å². The van der Waals surface area contributed by atoms with E-state index in [-0.39, 0.29) is 11.9 Å². The van der Waals surface area contributed by atoms with Gasteiger partial charge >= 0.3 is 5.97 Å². The van der Waals surface area contributed by atoms with Gasteiger partial charge in [0.05, 0.1) is 5.92 Å². The van der Waals surface area contributed by atoms with E-state index in [2.05, 4.69) is 18.2 Å². The normalized spacial score (nSPS) is 15.8. The third-order valence-electron chi connectivity index (χ3n) is 3.94. The summed E-state index contributed by atoms with van der Waals surface area (Å²) in [7, 11) is 0. The lowest BCUT2D eigenvalue weighted by molar-refractivity contribution is -0.149. The molecule has 2 aromatic carbocycles. The Labute approximate surface area is 113 Å². The van der Waals surface area contributed by atoms with Crippen LogP contribution in [0.4, 0.5) is 0 Å². The highest BCUT2D eigenvalue weighted by molar-refractivity contribution is 5.85. The fourth-order valence-electron chi connectivity index (χ4n) is 2.85. The van der Waals surface area contributed by atoms with Gasteiger partial charge in [0.25, 0.3) is 0 Å². The third kappa shape index (κ3) is 2.62. The number of rotatable bonds is 3. The summed E-state index contributed by atoms with van der Waals surface area (Å²) in [6, 6.07) is 14.3. The molecule has 0 amide bonds. The molecule has 0 spiro atoms. The van der Waals surface area contributed by atoms with E-state index < -0.39 is 0 Å². The maximum absolute atomic E-state index is 11.9. The molecule has 2 nitrogen and oxygen atoms in total. The Bertz CT molecular complexity index is 577. The van der Waals surface area contributed by atoms with Gasteiger partial charge in [-0.3, -0.25) is 4.79 Å². The van der Waals surface area contributed by atoms with E-state index in [9.17, 15) is 4.79 Å². The van der Waals surface area contributed by atoms with Gasteiger partial charge < -0.3 is 4.74 Å². The van der Waals surface area contributed by atoms with Crippen LogP contribution in [0.2, 0.25) is 0 Å². The maximum atomic E-state index is 11.9. The molecule has 0 radical (unpaired) electrons. The fraction of sp³-hybridized carbons (Fsp3) is 0.353. The summed E-state index contributed by atoms with van der Waals surface area (Å²) >= 11 is 0. The van der Waals surface area contributed by atoms with Crippen LogP contribution in [0.3, 0.4) is 0 Å². The summed E-state index contributed by atoms with van der Waals surface area (Å²) in [6.45, 7) is 0.386. The highest BCUT2D eigenvalue weighted by Crippen LogP contribution is 2.26. The standard InChI is InChI=1S/C17H18O2/c18-17(14-7-1-2-8-14)19-12-15-10-5-9-13-6-3-4-11-16(13)15/h3-6,9-11,14H,1-2,7-8,12H2. The fourth-order valence-corrected chi connectivity index (χ4v) is 2.85. The van der Waals surface area contributed by atoms with Crippen molar-refractivity contribution in [3.05, 3.63) is 48.0 Å². The van der Waals surface area contributed by atoms with E-state index in [1.165, 1.54) is 10.8 Å². The van der Waals surface area contributed by atoms with Gasteiger partial charge in [-0.15, -0.1) is 0 Å². The minimum Gasteiger partial charge on any atom is -0.461 e. The summed E-state index contributed by atoms with van der Waals surface area (Å²) in [5.74, 6) is 0.111. The molecule has 1 saturated carbocycles. The van der Waals surface area contributed by atoms with E-state index in [1.807, 2.05) is 24.3 Å². The number of fused-ring (bicyclic) bond motifs is 1. The van der Waals surface area contributed by atoms with Crippen molar-refractivity contribution < 1.29 is 9.53 Å². The van der Waals surface area contributed by atoms with E-state index in [1.54, 1.807) is 0 Å². The predicted molar refractivity (Wildman–Crippen MR) is 75.7 cm³/mol. The second-order valence-electron chi connectivity index (χ2n) is 5.23. The molecule has 19 heavy (non-hydrogen) atoms. The monoisotopic (exact) mass is 254 g/mol. The first-order chi connectivity index (χ1) is 9.34. The summed E-state index contributed by atoms with van der Waals surface area (Å²) in [4.78, 5) is 11.9. The van der Waals surface area contributed by atoms with Crippen molar-refractivity contribution >= 4 is 16.7 Å². The molecule has 0 aromatic heterocycles. The number of benzene rings is 2. The largest absolute Gasteiger partial charge is 0.461 e. The van der Waals surface area contributed by atoms with Crippen molar-refractivity contribution in [2.45, 2.75) is 32.3 Å². The van der Waals surface area contributed by atoms with Crippen LogP contribution in [-0.4, -0.2) is 5.97 Å². The Morgan fingerprint density at radius 1 is 1.05 bits per heavy atom. The van der Waals surface area contributed by atoms with Crippen molar-refractivity contribution in [3.63, 3.8) is 0 Å². The Morgan fingerprint density at radius 3 is 2.63 bits per heavy atom. The number of ether oxygens (including phenoxy) is 1. The number of carbonyl (C=O) groups excluding carboxylic acids is 1. The van der Waals surface area contributed by atoms with Crippen LogP contribution in [0.5, 0.6) is 0 Å². The lowest BCUT2D eigenvalue weighted by atomic mass is 10.1. The zero-order valence-electron chi connectivity index (χ0n) is 11.0. The summed E-state index contributed by atoms with van der Waals surface area (Å²) in [5, 5.41) is 2.36. The van der Waals surface area contributed by atoms with Crippen LogP contribution in [0.15, 0.2) is 42.5 Å². The van der Waals surface area contributed by atoms with Crippen LogP contribution in [-0.2, 0) is 16.1 Å². The van der Waals surface area contributed by atoms with Gasteiger partial charge in [0.1, 0.15) is 6.61 Å². The van der Waals surface area contributed by atoms with Gasteiger partial charge in [-0.05, 0) is 29.2 Å². The van der Waals surface area contributed by atoms with E-state index in [0.29, 0.717) is 6.61 Å². The minimum absolute atomic E-state index is 0.0227. The predicted octanol–water partition coefficient (Wildman–Crippen LogP) is 4.07. The molecule has 1 fully saturated rings. The van der Waals surface area contributed by atoms with E-state index >= 15 is 0 Å². The molecule has 0 N–H and O–H groups in total. The zero-order chi connectivity index (χ0) is 13.1. The Balaban J connectivity index is 1.73. The van der Waals surface area contributed by atoms with Crippen molar-refractivity contribution in [1.29, 1.82) is 0 Å². The molecule has 0 heterocycles. The zero-order valence-corrected chi connectivity index (χ0v) is 11.0. The van der Waals surface area contributed by atoms with E-state index in [0.717, 1.165) is 31.2 Å². The number of carbonyl (C=O) groups is 1. The van der Waals surface area contributed by atoms with Crippen LogP contribution < -0.4 is 0 Å². The smallest absolute Gasteiger partial charge is 0.309 e. The molecule has 1 aliphatic rings. The number of hydrogen-bond acceptors (Lipinski definition) is 2. The molecule has 1 aliphatic carbocycles. The molecular formula is C17H18O2. The lowest BCUT2D eigenvalue weighted by Gasteiger charge is -2.11. The average Bonchev–Trinajstić information content (AvgIpc) is 2.99. The minimum atomic E-state index is -0.0227. The molecule has 0 unspecified atom stereocenters. The topological polar surface area (TPSA) is 26.3 Å². The van der Waals surface area contributed by atoms with Gasteiger partial charge in [-0.25, -0.2) is 0 Å². The first-order valence-corrected chi connectivity index (χ1v) is 6.98. The molecular weight excluding hydrogens is 236 g/mol. The van der Waals surface area contributed by atoms with Gasteiger partial charge in [-0.1, -0.05) is 55.3 Å². The van der Waals surface area contributed by atoms with Crippen LogP contribution in [0.1, 0.15) is 31.2 Å². The SMILES string of the molecule is O=C(OCc1cccc2ccccc12)C1CCCC1. The molecule has 3 rings (SSSR count).